The fraction of sp³-hybridized carbons (Fsp3) is 0.167. The molecule has 2 aromatic carbocycles. The van der Waals surface area contributed by atoms with Gasteiger partial charge in [0.1, 0.15) is 0 Å². The summed E-state index contributed by atoms with van der Waals surface area (Å²) in [5.41, 5.74) is 3.89. The lowest BCUT2D eigenvalue weighted by Gasteiger charge is -2.18. The first-order valence-electron chi connectivity index (χ1n) is 7.14. The van der Waals surface area contributed by atoms with Crippen molar-refractivity contribution >= 4 is 17.7 Å². The Bertz CT molecular complexity index is 677. The smallest absolute Gasteiger partial charge is 0.259 e. The maximum absolute atomic E-state index is 12.6. The lowest BCUT2D eigenvalue weighted by atomic mass is 10.1. The van der Waals surface area contributed by atoms with Crippen LogP contribution in [-0.2, 0) is 0 Å². The zero-order valence-corrected chi connectivity index (χ0v) is 12.0. The summed E-state index contributed by atoms with van der Waals surface area (Å²) in [6.45, 7) is 1.44. The van der Waals surface area contributed by atoms with Crippen LogP contribution >= 0.6 is 0 Å². The summed E-state index contributed by atoms with van der Waals surface area (Å²) in [5.74, 6) is 0.0861. The average molecular weight is 278 g/mol. The van der Waals surface area contributed by atoms with Crippen molar-refractivity contribution in [2.45, 2.75) is 0 Å². The number of hydrogen-bond donors (Lipinski definition) is 1. The highest BCUT2D eigenvalue weighted by molar-refractivity contribution is 6.11. The van der Waals surface area contributed by atoms with Crippen LogP contribution in [0.5, 0.6) is 0 Å². The number of carbonyl (C=O) groups is 1. The molecule has 1 N–H and O–H groups in total. The second kappa shape index (κ2) is 5.94. The van der Waals surface area contributed by atoms with Crippen LogP contribution in [0.4, 0.5) is 0 Å². The van der Waals surface area contributed by atoms with E-state index in [1.165, 1.54) is 0 Å². The number of nitrogens with one attached hydrogen (secondary N) is 1. The second-order valence-electron chi connectivity index (χ2n) is 5.05. The van der Waals surface area contributed by atoms with Crippen molar-refractivity contribution in [3.63, 3.8) is 0 Å². The standard InChI is InChI=1S/C18H18N2O/c1-19-11-12-20-17(13-14-7-3-2-4-8-14)15-9-5-6-10-16(15)18(20)21/h2-10,13,19H,11-12H2,1H3/b17-13-. The van der Waals surface area contributed by atoms with Crippen molar-refractivity contribution in [1.29, 1.82) is 0 Å². The average Bonchev–Trinajstić information content (AvgIpc) is 2.79. The van der Waals surface area contributed by atoms with Gasteiger partial charge in [-0.2, -0.15) is 0 Å². The molecule has 0 aromatic heterocycles. The molecule has 0 aliphatic carbocycles. The Labute approximate surface area is 124 Å². The number of likely N-dealkylation sites (N-methyl/N-ethyl adjacent to an activating group) is 1. The zero-order chi connectivity index (χ0) is 14.7. The number of benzene rings is 2. The van der Waals surface area contributed by atoms with E-state index in [1.54, 1.807) is 0 Å². The van der Waals surface area contributed by atoms with Crippen LogP contribution < -0.4 is 5.32 Å². The van der Waals surface area contributed by atoms with E-state index < -0.39 is 0 Å². The van der Waals surface area contributed by atoms with Gasteiger partial charge in [0.15, 0.2) is 0 Å². The highest BCUT2D eigenvalue weighted by atomic mass is 16.2. The highest BCUT2D eigenvalue weighted by Gasteiger charge is 2.31. The second-order valence-corrected chi connectivity index (χ2v) is 5.05. The number of fused-ring (bicyclic) bond motifs is 1. The fourth-order valence-electron chi connectivity index (χ4n) is 2.60. The van der Waals surface area contributed by atoms with Crippen molar-refractivity contribution in [1.82, 2.24) is 10.2 Å². The number of nitrogens with zero attached hydrogens (tertiary/aromatic N) is 1. The first kappa shape index (κ1) is 13.6. The molecule has 3 rings (SSSR count). The van der Waals surface area contributed by atoms with Gasteiger partial charge in [-0.15, -0.1) is 0 Å². The maximum atomic E-state index is 12.6. The molecule has 1 heterocycles. The molecule has 3 nitrogen and oxygen atoms in total. The van der Waals surface area contributed by atoms with E-state index in [2.05, 4.69) is 23.5 Å². The molecule has 106 valence electrons. The largest absolute Gasteiger partial charge is 0.318 e. The van der Waals surface area contributed by atoms with Crippen molar-refractivity contribution in [3.05, 3.63) is 71.3 Å². The minimum Gasteiger partial charge on any atom is -0.318 e. The van der Waals surface area contributed by atoms with Crippen molar-refractivity contribution in [2.75, 3.05) is 20.1 Å². The van der Waals surface area contributed by atoms with Gasteiger partial charge in [0, 0.05) is 24.2 Å². The van der Waals surface area contributed by atoms with Crippen LogP contribution in [0.15, 0.2) is 54.6 Å². The van der Waals surface area contributed by atoms with Crippen LogP contribution in [0.25, 0.3) is 11.8 Å². The third-order valence-corrected chi connectivity index (χ3v) is 3.66. The van der Waals surface area contributed by atoms with E-state index in [4.69, 9.17) is 0 Å². The topological polar surface area (TPSA) is 32.3 Å². The summed E-state index contributed by atoms with van der Waals surface area (Å²) in [4.78, 5) is 14.4. The molecule has 2 aromatic rings. The van der Waals surface area contributed by atoms with Gasteiger partial charge in [0.05, 0.1) is 5.70 Å². The summed E-state index contributed by atoms with van der Waals surface area (Å²) >= 11 is 0. The molecule has 0 fully saturated rings. The van der Waals surface area contributed by atoms with E-state index in [0.717, 1.165) is 28.9 Å². The van der Waals surface area contributed by atoms with Crippen LogP contribution in [0.2, 0.25) is 0 Å². The molecule has 0 saturated heterocycles. The van der Waals surface area contributed by atoms with Crippen molar-refractivity contribution < 1.29 is 4.79 Å². The van der Waals surface area contributed by atoms with E-state index in [0.29, 0.717) is 6.54 Å². The predicted molar refractivity (Wildman–Crippen MR) is 85.7 cm³/mol. The van der Waals surface area contributed by atoms with Crippen molar-refractivity contribution in [3.8, 4) is 0 Å². The molecule has 0 radical (unpaired) electrons. The van der Waals surface area contributed by atoms with Crippen LogP contribution in [-0.4, -0.2) is 30.9 Å². The molecule has 0 saturated carbocycles. The normalized spacial score (nSPS) is 15.6. The number of carbonyl (C=O) groups excluding carboxylic acids is 1. The quantitative estimate of drug-likeness (QED) is 0.932. The Morgan fingerprint density at radius 1 is 1.00 bits per heavy atom. The van der Waals surface area contributed by atoms with E-state index in [1.807, 2.05) is 54.4 Å². The Morgan fingerprint density at radius 3 is 2.38 bits per heavy atom. The summed E-state index contributed by atoms with van der Waals surface area (Å²) in [6.07, 6.45) is 2.08. The summed E-state index contributed by atoms with van der Waals surface area (Å²) in [5, 5.41) is 3.11. The van der Waals surface area contributed by atoms with E-state index in [9.17, 15) is 4.79 Å². The SMILES string of the molecule is CNCCN1C(=O)c2ccccc2/C1=C/c1ccccc1. The molecule has 21 heavy (non-hydrogen) atoms. The summed E-state index contributed by atoms with van der Waals surface area (Å²) in [7, 11) is 1.90. The Balaban J connectivity index is 2.05. The fourth-order valence-corrected chi connectivity index (χ4v) is 2.60. The number of hydrogen-bond acceptors (Lipinski definition) is 2. The Kier molecular flexibility index (Phi) is 3.84. The monoisotopic (exact) mass is 278 g/mol. The summed E-state index contributed by atoms with van der Waals surface area (Å²) in [6, 6.07) is 17.9. The van der Waals surface area contributed by atoms with Gasteiger partial charge >= 0.3 is 0 Å². The van der Waals surface area contributed by atoms with Gasteiger partial charge in [-0.3, -0.25) is 4.79 Å². The minimum absolute atomic E-state index is 0.0861. The van der Waals surface area contributed by atoms with Gasteiger partial charge in [-0.1, -0.05) is 48.5 Å². The number of amides is 1. The molecule has 1 aliphatic heterocycles. The molecule has 0 bridgehead atoms. The van der Waals surface area contributed by atoms with Gasteiger partial charge < -0.3 is 10.2 Å². The summed E-state index contributed by atoms with van der Waals surface area (Å²) < 4.78 is 0. The van der Waals surface area contributed by atoms with Crippen LogP contribution in [0.1, 0.15) is 21.5 Å². The molecular formula is C18H18N2O. The molecule has 1 aliphatic rings. The molecule has 0 spiro atoms. The predicted octanol–water partition coefficient (Wildman–Crippen LogP) is 2.86. The van der Waals surface area contributed by atoms with Crippen LogP contribution in [0.3, 0.4) is 0 Å². The first-order valence-corrected chi connectivity index (χ1v) is 7.14. The lowest BCUT2D eigenvalue weighted by molar-refractivity contribution is 0.0852. The van der Waals surface area contributed by atoms with Gasteiger partial charge in [-0.05, 0) is 24.8 Å². The van der Waals surface area contributed by atoms with Gasteiger partial charge in [0.2, 0.25) is 0 Å². The lowest BCUT2D eigenvalue weighted by Crippen LogP contribution is -2.30. The van der Waals surface area contributed by atoms with E-state index >= 15 is 0 Å². The molecule has 0 atom stereocenters. The van der Waals surface area contributed by atoms with Crippen molar-refractivity contribution in [2.24, 2.45) is 0 Å². The number of rotatable bonds is 4. The molecule has 1 amide bonds. The third kappa shape index (κ3) is 2.60. The Morgan fingerprint density at radius 2 is 1.67 bits per heavy atom. The Hall–Kier alpha value is -2.39. The van der Waals surface area contributed by atoms with Crippen LogP contribution in [0, 0.1) is 0 Å². The minimum atomic E-state index is 0.0861. The maximum Gasteiger partial charge on any atom is 0.259 e. The highest BCUT2D eigenvalue weighted by Crippen LogP contribution is 2.33. The zero-order valence-electron chi connectivity index (χ0n) is 12.0. The molecule has 0 unspecified atom stereocenters. The molecule has 3 heteroatoms. The van der Waals surface area contributed by atoms with E-state index in [-0.39, 0.29) is 5.91 Å². The van der Waals surface area contributed by atoms with Gasteiger partial charge in [-0.25, -0.2) is 0 Å². The van der Waals surface area contributed by atoms with Gasteiger partial charge in [0.25, 0.3) is 5.91 Å². The first-order chi connectivity index (χ1) is 10.3. The molecular weight excluding hydrogens is 260 g/mol. The third-order valence-electron chi connectivity index (χ3n) is 3.66.